The van der Waals surface area contributed by atoms with Gasteiger partial charge in [0.1, 0.15) is 16.9 Å². The summed E-state index contributed by atoms with van der Waals surface area (Å²) >= 11 is 0. The quantitative estimate of drug-likeness (QED) is 0.648. The van der Waals surface area contributed by atoms with E-state index in [0.29, 0.717) is 34.6 Å². The molecule has 1 aliphatic rings. The van der Waals surface area contributed by atoms with Crippen molar-refractivity contribution in [3.05, 3.63) is 64.5 Å². The Morgan fingerprint density at radius 2 is 1.93 bits per heavy atom. The van der Waals surface area contributed by atoms with Gasteiger partial charge < -0.3 is 19.4 Å². The van der Waals surface area contributed by atoms with Crippen LogP contribution in [0.3, 0.4) is 0 Å². The average Bonchev–Trinajstić information content (AvgIpc) is 2.74. The fraction of sp³-hybridized carbons (Fsp3) is 0.261. The molecule has 0 saturated heterocycles. The van der Waals surface area contributed by atoms with Gasteiger partial charge >= 0.3 is 5.63 Å². The van der Waals surface area contributed by atoms with E-state index < -0.39 is 17.6 Å². The number of rotatable bonds is 5. The molecule has 2 heterocycles. The summed E-state index contributed by atoms with van der Waals surface area (Å²) in [4.78, 5) is 39.2. The number of carbonyl (C=O) groups is 2. The topological polar surface area (TPSA) is 88.8 Å². The van der Waals surface area contributed by atoms with Crippen LogP contribution in [0.15, 0.2) is 57.7 Å². The number of hydrogen-bond donors (Lipinski definition) is 1. The third-order valence-corrected chi connectivity index (χ3v) is 5.05. The highest BCUT2D eigenvalue weighted by atomic mass is 16.5. The number of unbranched alkanes of at least 4 members (excludes halogenated alkanes) is 1. The maximum atomic E-state index is 12.7. The van der Waals surface area contributed by atoms with E-state index in [-0.39, 0.29) is 11.5 Å². The second-order valence-electron chi connectivity index (χ2n) is 7.23. The van der Waals surface area contributed by atoms with Crippen LogP contribution in [0.1, 0.15) is 37.0 Å². The normalized spacial score (nSPS) is 15.6. The molecule has 2 amide bonds. The Morgan fingerprint density at radius 3 is 2.73 bits per heavy atom. The lowest BCUT2D eigenvalue weighted by Crippen LogP contribution is -2.44. The number of para-hydroxylation sites is 1. The van der Waals surface area contributed by atoms with Crippen molar-refractivity contribution in [1.29, 1.82) is 0 Å². The highest BCUT2D eigenvalue weighted by Gasteiger charge is 2.31. The van der Waals surface area contributed by atoms with E-state index in [4.69, 9.17) is 9.15 Å². The van der Waals surface area contributed by atoms with Crippen LogP contribution >= 0.6 is 0 Å². The molecule has 7 heteroatoms. The van der Waals surface area contributed by atoms with Gasteiger partial charge in [-0.3, -0.25) is 9.59 Å². The molecular formula is C23H22N2O5. The summed E-state index contributed by atoms with van der Waals surface area (Å²) in [7, 11) is 0. The number of amides is 2. The lowest BCUT2D eigenvalue weighted by molar-refractivity contribution is -0.125. The second kappa shape index (κ2) is 8.02. The Bertz CT molecular complexity index is 1180. The molecule has 1 aromatic heterocycles. The van der Waals surface area contributed by atoms with Crippen molar-refractivity contribution in [2.45, 2.75) is 32.8 Å². The Morgan fingerprint density at radius 1 is 1.13 bits per heavy atom. The molecule has 0 spiro atoms. The smallest absolute Gasteiger partial charge is 0.349 e. The van der Waals surface area contributed by atoms with Gasteiger partial charge in [-0.25, -0.2) is 4.79 Å². The highest BCUT2D eigenvalue weighted by Crippen LogP contribution is 2.36. The van der Waals surface area contributed by atoms with Crippen molar-refractivity contribution in [3.63, 3.8) is 0 Å². The van der Waals surface area contributed by atoms with Gasteiger partial charge in [0, 0.05) is 17.6 Å². The second-order valence-corrected chi connectivity index (χ2v) is 7.23. The Hall–Kier alpha value is -3.61. The maximum absolute atomic E-state index is 12.7. The van der Waals surface area contributed by atoms with Crippen molar-refractivity contribution in [3.8, 4) is 5.75 Å². The molecular weight excluding hydrogens is 384 g/mol. The van der Waals surface area contributed by atoms with E-state index in [1.807, 2.05) is 0 Å². The van der Waals surface area contributed by atoms with Crippen LogP contribution in [0, 0.1) is 0 Å². The molecule has 1 atom stereocenters. The van der Waals surface area contributed by atoms with E-state index in [1.54, 1.807) is 54.3 Å². The van der Waals surface area contributed by atoms with Crippen LogP contribution in [0.2, 0.25) is 0 Å². The molecule has 7 nitrogen and oxygen atoms in total. The van der Waals surface area contributed by atoms with Crippen LogP contribution in [0.4, 0.5) is 11.4 Å². The highest BCUT2D eigenvalue weighted by molar-refractivity contribution is 6.06. The van der Waals surface area contributed by atoms with Gasteiger partial charge in [0.25, 0.3) is 11.8 Å². The van der Waals surface area contributed by atoms with Crippen molar-refractivity contribution >= 4 is 34.2 Å². The molecule has 4 rings (SSSR count). The van der Waals surface area contributed by atoms with Crippen molar-refractivity contribution < 1.29 is 18.7 Å². The van der Waals surface area contributed by atoms with Gasteiger partial charge in [0.15, 0.2) is 6.10 Å². The number of fused-ring (bicyclic) bond motifs is 2. The first kappa shape index (κ1) is 19.7. The summed E-state index contributed by atoms with van der Waals surface area (Å²) in [6.45, 7) is 4.35. The van der Waals surface area contributed by atoms with Gasteiger partial charge in [-0.15, -0.1) is 0 Å². The van der Waals surface area contributed by atoms with E-state index >= 15 is 0 Å². The molecule has 0 saturated carbocycles. The van der Waals surface area contributed by atoms with Crippen molar-refractivity contribution in [1.82, 2.24) is 0 Å². The molecule has 2 aromatic carbocycles. The molecule has 0 fully saturated rings. The number of carbonyl (C=O) groups excluding carboxylic acids is 2. The van der Waals surface area contributed by atoms with E-state index in [9.17, 15) is 14.4 Å². The van der Waals surface area contributed by atoms with Gasteiger partial charge in [0.05, 0.1) is 5.69 Å². The zero-order valence-corrected chi connectivity index (χ0v) is 16.8. The first-order valence-corrected chi connectivity index (χ1v) is 9.94. The maximum Gasteiger partial charge on any atom is 0.349 e. The summed E-state index contributed by atoms with van der Waals surface area (Å²) in [6.07, 6.45) is 1.24. The van der Waals surface area contributed by atoms with Crippen LogP contribution in [0.25, 0.3) is 11.0 Å². The number of nitrogens with one attached hydrogen (secondary N) is 1. The summed E-state index contributed by atoms with van der Waals surface area (Å²) in [6, 6.07) is 13.6. The van der Waals surface area contributed by atoms with Gasteiger partial charge in [-0.2, -0.15) is 0 Å². The molecule has 0 radical (unpaired) electrons. The minimum atomic E-state index is -0.707. The average molecular weight is 406 g/mol. The van der Waals surface area contributed by atoms with Crippen LogP contribution < -0.4 is 20.6 Å². The zero-order valence-electron chi connectivity index (χ0n) is 16.8. The van der Waals surface area contributed by atoms with Crippen LogP contribution in [-0.2, 0) is 4.79 Å². The predicted octanol–water partition coefficient (Wildman–Crippen LogP) is 3.96. The minimum Gasteiger partial charge on any atom is -0.479 e. The van der Waals surface area contributed by atoms with Crippen molar-refractivity contribution in [2.75, 3.05) is 16.8 Å². The lowest BCUT2D eigenvalue weighted by atomic mass is 10.1. The van der Waals surface area contributed by atoms with E-state index in [2.05, 4.69) is 12.2 Å². The van der Waals surface area contributed by atoms with Gasteiger partial charge in [0.2, 0.25) is 0 Å². The minimum absolute atomic E-state index is 0.0878. The largest absolute Gasteiger partial charge is 0.479 e. The standard InChI is InChI=1S/C23H22N2O5/c1-3-4-11-25-18-13-16(9-10-20(18)29-14(2)22(25)27)24-21(26)17-12-15-7-5-6-8-19(15)30-23(17)28/h5-10,12-14H,3-4,11H2,1-2H3,(H,24,26). The molecule has 3 aromatic rings. The van der Waals surface area contributed by atoms with Crippen LogP contribution in [0.5, 0.6) is 5.75 Å². The molecule has 30 heavy (non-hydrogen) atoms. The summed E-state index contributed by atoms with van der Waals surface area (Å²) in [5.41, 5.74) is 0.689. The van der Waals surface area contributed by atoms with E-state index in [0.717, 1.165) is 12.8 Å². The first-order valence-electron chi connectivity index (χ1n) is 9.94. The fourth-order valence-electron chi connectivity index (χ4n) is 3.45. The number of nitrogens with zero attached hydrogens (tertiary/aromatic N) is 1. The third kappa shape index (κ3) is 3.66. The molecule has 1 aliphatic heterocycles. The van der Waals surface area contributed by atoms with Gasteiger partial charge in [-0.1, -0.05) is 31.5 Å². The number of benzene rings is 2. The fourth-order valence-corrected chi connectivity index (χ4v) is 3.45. The molecule has 0 aliphatic carbocycles. The molecule has 0 bridgehead atoms. The van der Waals surface area contributed by atoms with Crippen molar-refractivity contribution in [2.24, 2.45) is 0 Å². The lowest BCUT2D eigenvalue weighted by Gasteiger charge is -2.33. The molecule has 154 valence electrons. The first-order chi connectivity index (χ1) is 14.5. The Labute approximate surface area is 173 Å². The monoisotopic (exact) mass is 406 g/mol. The third-order valence-electron chi connectivity index (χ3n) is 5.05. The number of anilines is 2. The summed E-state index contributed by atoms with van der Waals surface area (Å²) in [5.74, 6) is -0.109. The summed E-state index contributed by atoms with van der Waals surface area (Å²) < 4.78 is 10.9. The van der Waals surface area contributed by atoms with E-state index in [1.165, 1.54) is 6.07 Å². The number of hydrogen-bond acceptors (Lipinski definition) is 5. The molecule has 1 N–H and O–H groups in total. The SMILES string of the molecule is CCCCN1C(=O)C(C)Oc2ccc(NC(=O)c3cc4ccccc4oc3=O)cc21. The number of ether oxygens (including phenoxy) is 1. The predicted molar refractivity (Wildman–Crippen MR) is 114 cm³/mol. The van der Waals surface area contributed by atoms with Gasteiger partial charge in [-0.05, 0) is 43.7 Å². The molecule has 1 unspecified atom stereocenters. The summed E-state index contributed by atoms with van der Waals surface area (Å²) in [5, 5.41) is 3.38. The Balaban J connectivity index is 1.64. The zero-order chi connectivity index (χ0) is 21.3. The van der Waals surface area contributed by atoms with Crippen LogP contribution in [-0.4, -0.2) is 24.5 Å². The Kier molecular flexibility index (Phi) is 5.27.